The number of nitrogens with zero attached hydrogens (tertiary/aromatic N) is 1. The van der Waals surface area contributed by atoms with Crippen LogP contribution in [0, 0.1) is 0 Å². The van der Waals surface area contributed by atoms with Crippen LogP contribution in [-0.2, 0) is 0 Å². The zero-order valence-corrected chi connectivity index (χ0v) is 11.7. The molecule has 0 aliphatic rings. The van der Waals surface area contributed by atoms with Crippen molar-refractivity contribution in [3.63, 3.8) is 0 Å². The Labute approximate surface area is 119 Å². The van der Waals surface area contributed by atoms with Gasteiger partial charge in [-0.15, -0.1) is 0 Å². The molecule has 2 atom stereocenters. The fourth-order valence-electron chi connectivity index (χ4n) is 1.90. The number of hydrogen-bond donors (Lipinski definition) is 1. The first-order valence-corrected chi connectivity index (χ1v) is 6.61. The molecule has 0 saturated carbocycles. The Morgan fingerprint density at radius 2 is 1.70 bits per heavy atom. The van der Waals surface area contributed by atoms with Crippen molar-refractivity contribution >= 4 is 6.21 Å². The van der Waals surface area contributed by atoms with E-state index in [-0.39, 0.29) is 6.04 Å². The molecule has 0 aliphatic heterocycles. The minimum Gasteiger partial charge on any atom is -0.497 e. The standard InChI is InChI=1S/C17H19NO2/c1-13(17(19)15-6-4-3-5-7-15)18-12-14-8-10-16(20-2)11-9-14/h3-13,17,19H,1-2H3/t13-,17+/m1/s1. The Morgan fingerprint density at radius 1 is 1.05 bits per heavy atom. The molecule has 0 amide bonds. The lowest BCUT2D eigenvalue weighted by atomic mass is 10.0. The van der Waals surface area contributed by atoms with Crippen molar-refractivity contribution in [2.24, 2.45) is 4.99 Å². The quantitative estimate of drug-likeness (QED) is 0.847. The van der Waals surface area contributed by atoms with E-state index in [1.807, 2.05) is 61.5 Å². The third kappa shape index (κ3) is 3.68. The molecule has 0 aliphatic carbocycles. The highest BCUT2D eigenvalue weighted by Crippen LogP contribution is 2.18. The molecule has 104 valence electrons. The van der Waals surface area contributed by atoms with Gasteiger partial charge in [-0.05, 0) is 42.3 Å². The molecule has 3 heteroatoms. The minimum atomic E-state index is -0.592. The maximum atomic E-state index is 10.2. The molecule has 0 spiro atoms. The fraction of sp³-hybridized carbons (Fsp3) is 0.235. The molecule has 0 bridgehead atoms. The van der Waals surface area contributed by atoms with Crippen LogP contribution in [0.25, 0.3) is 0 Å². The SMILES string of the molecule is COc1ccc(C=N[C@H](C)[C@H](O)c2ccccc2)cc1. The van der Waals surface area contributed by atoms with Gasteiger partial charge in [0.2, 0.25) is 0 Å². The highest BCUT2D eigenvalue weighted by Gasteiger charge is 2.14. The van der Waals surface area contributed by atoms with E-state index in [9.17, 15) is 5.11 Å². The topological polar surface area (TPSA) is 41.8 Å². The third-order valence-electron chi connectivity index (χ3n) is 3.17. The van der Waals surface area contributed by atoms with Crippen molar-refractivity contribution < 1.29 is 9.84 Å². The number of aliphatic hydroxyl groups is 1. The normalized spacial score (nSPS) is 14.2. The Hall–Kier alpha value is -2.13. The number of ether oxygens (including phenoxy) is 1. The van der Waals surface area contributed by atoms with Gasteiger partial charge in [0.15, 0.2) is 0 Å². The van der Waals surface area contributed by atoms with Gasteiger partial charge >= 0.3 is 0 Å². The van der Waals surface area contributed by atoms with Gasteiger partial charge < -0.3 is 9.84 Å². The van der Waals surface area contributed by atoms with Crippen LogP contribution in [-0.4, -0.2) is 24.5 Å². The van der Waals surface area contributed by atoms with Crippen molar-refractivity contribution in [1.29, 1.82) is 0 Å². The van der Waals surface area contributed by atoms with Crippen LogP contribution < -0.4 is 4.74 Å². The second-order valence-electron chi connectivity index (χ2n) is 4.65. The second-order valence-corrected chi connectivity index (χ2v) is 4.65. The molecule has 0 radical (unpaired) electrons. The maximum absolute atomic E-state index is 10.2. The predicted octanol–water partition coefficient (Wildman–Crippen LogP) is 3.24. The Balaban J connectivity index is 2.02. The number of methoxy groups -OCH3 is 1. The number of aliphatic hydroxyl groups excluding tert-OH is 1. The average Bonchev–Trinajstić information content (AvgIpc) is 2.53. The van der Waals surface area contributed by atoms with Gasteiger partial charge in [-0.25, -0.2) is 0 Å². The summed E-state index contributed by atoms with van der Waals surface area (Å²) in [6.45, 7) is 1.90. The van der Waals surface area contributed by atoms with Crippen molar-refractivity contribution in [3.05, 3.63) is 65.7 Å². The lowest BCUT2D eigenvalue weighted by Gasteiger charge is -2.15. The third-order valence-corrected chi connectivity index (χ3v) is 3.17. The summed E-state index contributed by atoms with van der Waals surface area (Å²) in [5.74, 6) is 0.819. The van der Waals surface area contributed by atoms with E-state index in [0.717, 1.165) is 16.9 Å². The molecule has 0 saturated heterocycles. The largest absolute Gasteiger partial charge is 0.497 e. The van der Waals surface area contributed by atoms with Gasteiger partial charge in [-0.2, -0.15) is 0 Å². The fourth-order valence-corrected chi connectivity index (χ4v) is 1.90. The summed E-state index contributed by atoms with van der Waals surface area (Å²) >= 11 is 0. The lowest BCUT2D eigenvalue weighted by Crippen LogP contribution is -2.12. The van der Waals surface area contributed by atoms with Crippen molar-refractivity contribution in [2.75, 3.05) is 7.11 Å². The molecule has 2 rings (SSSR count). The zero-order chi connectivity index (χ0) is 14.4. The van der Waals surface area contributed by atoms with Crippen LogP contribution in [0.5, 0.6) is 5.75 Å². The van der Waals surface area contributed by atoms with E-state index < -0.39 is 6.10 Å². The van der Waals surface area contributed by atoms with E-state index in [4.69, 9.17) is 4.74 Å². The van der Waals surface area contributed by atoms with E-state index in [2.05, 4.69) is 4.99 Å². The van der Waals surface area contributed by atoms with E-state index >= 15 is 0 Å². The predicted molar refractivity (Wildman–Crippen MR) is 81.5 cm³/mol. The molecule has 0 aromatic heterocycles. The first kappa shape index (κ1) is 14.3. The van der Waals surface area contributed by atoms with Crippen LogP contribution in [0.3, 0.4) is 0 Å². The van der Waals surface area contributed by atoms with Gasteiger partial charge in [0.05, 0.1) is 13.2 Å². The molecule has 2 aromatic carbocycles. The van der Waals surface area contributed by atoms with Gasteiger partial charge in [-0.3, -0.25) is 4.99 Å². The van der Waals surface area contributed by atoms with E-state index in [0.29, 0.717) is 0 Å². The number of benzene rings is 2. The summed E-state index contributed by atoms with van der Waals surface area (Å²) in [6.07, 6.45) is 1.18. The summed E-state index contributed by atoms with van der Waals surface area (Å²) in [4.78, 5) is 4.41. The first-order valence-electron chi connectivity index (χ1n) is 6.61. The number of rotatable bonds is 5. The lowest BCUT2D eigenvalue weighted by molar-refractivity contribution is 0.154. The summed E-state index contributed by atoms with van der Waals surface area (Å²) in [6, 6.07) is 17.0. The van der Waals surface area contributed by atoms with Crippen molar-refractivity contribution in [2.45, 2.75) is 19.1 Å². The van der Waals surface area contributed by atoms with Gasteiger partial charge in [0.25, 0.3) is 0 Å². The van der Waals surface area contributed by atoms with E-state index in [1.165, 1.54) is 0 Å². The van der Waals surface area contributed by atoms with E-state index in [1.54, 1.807) is 13.3 Å². The Kier molecular flexibility index (Phi) is 4.91. The van der Waals surface area contributed by atoms with Gasteiger partial charge in [-0.1, -0.05) is 30.3 Å². The summed E-state index contributed by atoms with van der Waals surface area (Å²) in [7, 11) is 1.64. The Morgan fingerprint density at radius 3 is 2.30 bits per heavy atom. The monoisotopic (exact) mass is 269 g/mol. The molecule has 0 heterocycles. The molecular weight excluding hydrogens is 250 g/mol. The van der Waals surface area contributed by atoms with Gasteiger partial charge in [0, 0.05) is 6.21 Å². The molecule has 1 N–H and O–H groups in total. The van der Waals surface area contributed by atoms with Gasteiger partial charge in [0.1, 0.15) is 11.9 Å². The number of hydrogen-bond acceptors (Lipinski definition) is 3. The molecule has 2 aromatic rings. The molecule has 3 nitrogen and oxygen atoms in total. The van der Waals surface area contributed by atoms with Crippen LogP contribution in [0.4, 0.5) is 0 Å². The molecule has 0 unspecified atom stereocenters. The highest BCUT2D eigenvalue weighted by atomic mass is 16.5. The average molecular weight is 269 g/mol. The molecule has 0 fully saturated rings. The smallest absolute Gasteiger partial charge is 0.118 e. The number of aliphatic imine (C=N–C) groups is 1. The van der Waals surface area contributed by atoms with Crippen LogP contribution >= 0.6 is 0 Å². The summed E-state index contributed by atoms with van der Waals surface area (Å²) in [5.41, 5.74) is 1.87. The zero-order valence-electron chi connectivity index (χ0n) is 11.7. The summed E-state index contributed by atoms with van der Waals surface area (Å²) in [5, 5.41) is 10.2. The Bertz CT molecular complexity index is 549. The highest BCUT2D eigenvalue weighted by molar-refractivity contribution is 5.79. The molecule has 20 heavy (non-hydrogen) atoms. The van der Waals surface area contributed by atoms with Crippen molar-refractivity contribution in [1.82, 2.24) is 0 Å². The van der Waals surface area contributed by atoms with Crippen LogP contribution in [0.15, 0.2) is 59.6 Å². The second kappa shape index (κ2) is 6.87. The van der Waals surface area contributed by atoms with Crippen LogP contribution in [0.2, 0.25) is 0 Å². The minimum absolute atomic E-state index is 0.195. The summed E-state index contributed by atoms with van der Waals surface area (Å²) < 4.78 is 5.11. The molecular formula is C17H19NO2. The van der Waals surface area contributed by atoms with Crippen LogP contribution in [0.1, 0.15) is 24.2 Å². The van der Waals surface area contributed by atoms with Crippen molar-refractivity contribution in [3.8, 4) is 5.75 Å². The maximum Gasteiger partial charge on any atom is 0.118 e. The first-order chi connectivity index (χ1) is 9.70.